The first-order valence-corrected chi connectivity index (χ1v) is 23.3. The van der Waals surface area contributed by atoms with Gasteiger partial charge >= 0.3 is 0 Å². The van der Waals surface area contributed by atoms with Crippen molar-refractivity contribution in [2.45, 2.75) is 83.1 Å². The number of likely N-dealkylation sites (N-methyl/N-ethyl adjacent to an activating group) is 1. The van der Waals surface area contributed by atoms with Crippen LogP contribution in [0.2, 0.25) is 5.02 Å². The predicted octanol–water partition coefficient (Wildman–Crippen LogP) is 4.13. The van der Waals surface area contributed by atoms with E-state index in [-0.39, 0.29) is 30.8 Å². The summed E-state index contributed by atoms with van der Waals surface area (Å²) in [5, 5.41) is 18.1. The summed E-state index contributed by atoms with van der Waals surface area (Å²) in [5.41, 5.74) is 9.90. The van der Waals surface area contributed by atoms with Crippen molar-refractivity contribution in [2.24, 2.45) is 5.73 Å². The van der Waals surface area contributed by atoms with E-state index in [0.29, 0.717) is 70.8 Å². The summed E-state index contributed by atoms with van der Waals surface area (Å²) in [6.07, 6.45) is 2.80. The van der Waals surface area contributed by atoms with E-state index in [1.165, 1.54) is 32.7 Å². The minimum absolute atomic E-state index is 0.0367. The zero-order valence-corrected chi connectivity index (χ0v) is 40.0. The number of unbranched alkanes of at least 4 members (excludes halogenated alkanes) is 1. The second kappa shape index (κ2) is 25.6. The zero-order chi connectivity index (χ0) is 49.3. The standard InChI is InChI=1S/C51H63ClN8O8/c1-31(33(3)62)56-49(65)44-28-34-10-11-39(30-61)41(27-34)42-29-38(18-21-45(42)68-26-25-55-24-8-23-54-4)46(50(66)57-32(2)47(63)59-44)60(5)51(67)43(9-6-7-22-53)58-48(64)37-14-12-35(13-15-37)36-16-19-40(52)20-17-36/h10-21,27,29-32,43-44,46,54-55H,6-9,22-26,28,53H2,1-5H3,(H,56,65)(H,57,66)(H,58,64)(H,59,63)/t31-,32-,43-,44-,46-/m0/s1. The number of nitrogens with one attached hydrogen (secondary N) is 6. The molecule has 16 nitrogen and oxygen atoms in total. The van der Waals surface area contributed by atoms with E-state index in [9.17, 15) is 33.6 Å². The molecule has 0 radical (unpaired) electrons. The fraction of sp³-hybridized carbons (Fsp3) is 0.392. The third-order valence-electron chi connectivity index (χ3n) is 11.8. The van der Waals surface area contributed by atoms with Gasteiger partial charge in [0.1, 0.15) is 36.5 Å². The van der Waals surface area contributed by atoms with Gasteiger partial charge in [-0.15, -0.1) is 0 Å². The fourth-order valence-electron chi connectivity index (χ4n) is 7.76. The Hall–Kier alpha value is -6.46. The van der Waals surface area contributed by atoms with Crippen LogP contribution in [0.15, 0.2) is 84.9 Å². The number of aldehydes is 1. The van der Waals surface area contributed by atoms with Gasteiger partial charge in [-0.2, -0.15) is 0 Å². The van der Waals surface area contributed by atoms with Crippen molar-refractivity contribution in [1.82, 2.24) is 36.8 Å². The van der Waals surface area contributed by atoms with Crippen LogP contribution in [-0.4, -0.2) is 118 Å². The highest BCUT2D eigenvalue weighted by Gasteiger charge is 2.36. The molecule has 0 aliphatic carbocycles. The molecule has 5 amide bonds. The van der Waals surface area contributed by atoms with Gasteiger partial charge in [-0.05, 0) is 137 Å². The van der Waals surface area contributed by atoms with E-state index in [0.717, 1.165) is 30.6 Å². The average Bonchev–Trinajstić information content (AvgIpc) is 3.33. The molecule has 5 rings (SSSR count). The van der Waals surface area contributed by atoms with Gasteiger partial charge in [0.05, 0.1) is 6.04 Å². The van der Waals surface area contributed by atoms with Crippen molar-refractivity contribution < 1.29 is 38.3 Å². The molecule has 1 aliphatic heterocycles. The molecular formula is C51H63ClN8O8. The number of hydrogen-bond acceptors (Lipinski definition) is 11. The largest absolute Gasteiger partial charge is 0.492 e. The molecule has 5 atom stereocenters. The van der Waals surface area contributed by atoms with Crippen molar-refractivity contribution in [1.29, 1.82) is 0 Å². The number of benzene rings is 4. The molecule has 0 unspecified atom stereocenters. The van der Waals surface area contributed by atoms with Crippen molar-refractivity contribution in [2.75, 3.05) is 46.9 Å². The van der Waals surface area contributed by atoms with E-state index in [1.807, 2.05) is 19.2 Å². The molecule has 362 valence electrons. The number of hydrogen-bond donors (Lipinski definition) is 7. The van der Waals surface area contributed by atoms with E-state index >= 15 is 0 Å². The van der Waals surface area contributed by atoms with Crippen LogP contribution in [0, 0.1) is 0 Å². The minimum Gasteiger partial charge on any atom is -0.492 e. The van der Waals surface area contributed by atoms with Crippen molar-refractivity contribution in [3.05, 3.63) is 112 Å². The average molecular weight is 952 g/mol. The first kappa shape index (κ1) is 52.5. The Balaban J connectivity index is 1.56. The number of amides is 5. The molecule has 17 heteroatoms. The third-order valence-corrected chi connectivity index (χ3v) is 12.1. The van der Waals surface area contributed by atoms with E-state index in [1.54, 1.807) is 72.8 Å². The van der Waals surface area contributed by atoms with Gasteiger partial charge < -0.3 is 47.3 Å². The SMILES string of the molecule is CNCCCNCCOc1ccc2cc1-c1cc(ccc1C=O)C[C@@H](C(=O)N[C@@H](C)C(C)=O)NC(=O)[C@H](C)NC(=O)[C@H]2N(C)C(=O)[C@H](CCCCN)NC(=O)c1ccc(-c2ccc(Cl)cc2)cc1. The van der Waals surface area contributed by atoms with Crippen LogP contribution in [0.25, 0.3) is 22.3 Å². The molecule has 0 saturated carbocycles. The lowest BCUT2D eigenvalue weighted by atomic mass is 9.91. The van der Waals surface area contributed by atoms with E-state index in [2.05, 4.69) is 31.9 Å². The highest BCUT2D eigenvalue weighted by molar-refractivity contribution is 6.30. The molecule has 0 spiro atoms. The maximum absolute atomic E-state index is 14.8. The number of fused-ring (bicyclic) bond motifs is 5. The molecule has 8 N–H and O–H groups in total. The van der Waals surface area contributed by atoms with Gasteiger partial charge in [0.15, 0.2) is 12.1 Å². The Kier molecular flexibility index (Phi) is 19.8. The number of halogens is 1. The Morgan fingerprint density at radius 2 is 1.57 bits per heavy atom. The lowest BCUT2D eigenvalue weighted by molar-refractivity contribution is -0.141. The summed E-state index contributed by atoms with van der Waals surface area (Å²) < 4.78 is 6.34. The Morgan fingerprint density at radius 1 is 0.868 bits per heavy atom. The summed E-state index contributed by atoms with van der Waals surface area (Å²) in [7, 11) is 3.33. The maximum atomic E-state index is 14.8. The number of ether oxygens (including phenoxy) is 1. The topological polar surface area (TPSA) is 230 Å². The lowest BCUT2D eigenvalue weighted by Crippen LogP contribution is -2.56. The highest BCUT2D eigenvalue weighted by atomic mass is 35.5. The number of nitrogens with two attached hydrogens (primary N) is 1. The number of rotatable bonds is 21. The predicted molar refractivity (Wildman–Crippen MR) is 262 cm³/mol. The summed E-state index contributed by atoms with van der Waals surface area (Å²) in [5.74, 6) is -3.10. The molecule has 68 heavy (non-hydrogen) atoms. The number of carbonyl (C=O) groups is 7. The van der Waals surface area contributed by atoms with Crippen LogP contribution >= 0.6 is 11.6 Å². The Bertz CT molecular complexity index is 2410. The number of Topliss-reactive ketones (excluding diaryl/α,β-unsaturated/α-hetero) is 1. The molecule has 1 aliphatic rings. The first-order valence-electron chi connectivity index (χ1n) is 22.9. The van der Waals surface area contributed by atoms with Crippen LogP contribution in [-0.2, 0) is 30.4 Å². The maximum Gasteiger partial charge on any atom is 0.251 e. The number of carbonyl (C=O) groups excluding carboxylic acids is 7. The fourth-order valence-corrected chi connectivity index (χ4v) is 7.88. The minimum atomic E-state index is -1.40. The molecule has 4 bridgehead atoms. The smallest absolute Gasteiger partial charge is 0.251 e. The van der Waals surface area contributed by atoms with Crippen LogP contribution in [0.5, 0.6) is 5.75 Å². The second-order valence-electron chi connectivity index (χ2n) is 16.9. The summed E-state index contributed by atoms with van der Waals surface area (Å²) >= 11 is 6.08. The van der Waals surface area contributed by atoms with Crippen molar-refractivity contribution >= 4 is 53.2 Å². The van der Waals surface area contributed by atoms with Gasteiger partial charge in [-0.1, -0.05) is 60.1 Å². The first-order chi connectivity index (χ1) is 32.6. The molecular weight excluding hydrogens is 888 g/mol. The van der Waals surface area contributed by atoms with Crippen LogP contribution in [0.1, 0.15) is 84.3 Å². The molecule has 1 heterocycles. The number of ketones is 1. The van der Waals surface area contributed by atoms with E-state index < -0.39 is 59.7 Å². The van der Waals surface area contributed by atoms with E-state index in [4.69, 9.17) is 22.1 Å². The number of nitrogens with zero attached hydrogens (tertiary/aromatic N) is 1. The van der Waals surface area contributed by atoms with Gasteiger partial charge in [0.25, 0.3) is 5.91 Å². The molecule has 0 aromatic heterocycles. The molecule has 0 saturated heterocycles. The van der Waals surface area contributed by atoms with Gasteiger partial charge in [-0.25, -0.2) is 0 Å². The Morgan fingerprint density at radius 3 is 2.24 bits per heavy atom. The molecule has 0 fully saturated rings. The van der Waals surface area contributed by atoms with Crippen LogP contribution < -0.4 is 42.4 Å². The zero-order valence-electron chi connectivity index (χ0n) is 39.3. The van der Waals surface area contributed by atoms with Gasteiger partial charge in [-0.3, -0.25) is 33.6 Å². The normalized spacial score (nSPS) is 16.8. The quantitative estimate of drug-likeness (QED) is 0.0464. The van der Waals surface area contributed by atoms with Crippen molar-refractivity contribution in [3.8, 4) is 28.0 Å². The Labute approximate surface area is 402 Å². The highest BCUT2D eigenvalue weighted by Crippen LogP contribution is 2.37. The van der Waals surface area contributed by atoms with Crippen LogP contribution in [0.4, 0.5) is 0 Å². The van der Waals surface area contributed by atoms with Gasteiger partial charge in [0.2, 0.25) is 23.6 Å². The molecule has 4 aromatic carbocycles. The van der Waals surface area contributed by atoms with Gasteiger partial charge in [0, 0.05) is 41.7 Å². The summed E-state index contributed by atoms with van der Waals surface area (Å²) in [4.78, 5) is 97.1. The van der Waals surface area contributed by atoms with Crippen molar-refractivity contribution in [3.63, 3.8) is 0 Å². The second-order valence-corrected chi connectivity index (χ2v) is 17.4. The third kappa shape index (κ3) is 14.3. The summed E-state index contributed by atoms with van der Waals surface area (Å²) in [6, 6.07) is 18.4. The summed E-state index contributed by atoms with van der Waals surface area (Å²) in [6.45, 7) is 7.02. The van der Waals surface area contributed by atoms with Crippen LogP contribution in [0.3, 0.4) is 0 Å². The lowest BCUT2D eigenvalue weighted by Gasteiger charge is -2.33. The monoisotopic (exact) mass is 950 g/mol. The molecule has 4 aromatic rings.